The number of hydrogen-bond donors (Lipinski definition) is 2. The Bertz CT molecular complexity index is 388. The lowest BCUT2D eigenvalue weighted by Crippen LogP contribution is -2.54. The zero-order valence-corrected chi connectivity index (χ0v) is 15.3. The van der Waals surface area contributed by atoms with Crippen molar-refractivity contribution in [3.8, 4) is 0 Å². The van der Waals surface area contributed by atoms with Gasteiger partial charge in [-0.1, -0.05) is 12.8 Å². The average molecular weight is 352 g/mol. The quantitative estimate of drug-likeness (QED) is 0.820. The SMILES string of the molecule is CC1CC(NC(=O)C2CCCCC2(C)N)CN1C1CC1.Cl.Cl. The normalized spacial score (nSPS) is 38.8. The zero-order chi connectivity index (χ0) is 14.3. The van der Waals surface area contributed by atoms with Gasteiger partial charge in [0, 0.05) is 30.2 Å². The number of carbonyl (C=O) groups is 1. The largest absolute Gasteiger partial charge is 0.352 e. The number of nitrogens with two attached hydrogens (primary N) is 1. The molecule has 3 rings (SSSR count). The van der Waals surface area contributed by atoms with Crippen molar-refractivity contribution >= 4 is 30.7 Å². The molecule has 0 spiro atoms. The van der Waals surface area contributed by atoms with Crippen molar-refractivity contribution in [2.24, 2.45) is 11.7 Å². The molecule has 0 radical (unpaired) electrons. The zero-order valence-electron chi connectivity index (χ0n) is 13.7. The summed E-state index contributed by atoms with van der Waals surface area (Å²) in [7, 11) is 0. The first-order chi connectivity index (χ1) is 9.47. The summed E-state index contributed by atoms with van der Waals surface area (Å²) in [5, 5.41) is 3.29. The molecule has 1 saturated heterocycles. The van der Waals surface area contributed by atoms with E-state index >= 15 is 0 Å². The number of hydrogen-bond acceptors (Lipinski definition) is 3. The van der Waals surface area contributed by atoms with E-state index < -0.39 is 0 Å². The third kappa shape index (κ3) is 4.28. The molecule has 0 aromatic heterocycles. The molecule has 130 valence electrons. The second-order valence-electron chi connectivity index (χ2n) is 7.52. The highest BCUT2D eigenvalue weighted by atomic mass is 35.5. The summed E-state index contributed by atoms with van der Waals surface area (Å²) in [6.45, 7) is 5.37. The summed E-state index contributed by atoms with van der Waals surface area (Å²) < 4.78 is 0. The van der Waals surface area contributed by atoms with Gasteiger partial charge in [0.15, 0.2) is 0 Å². The fourth-order valence-electron chi connectivity index (χ4n) is 4.17. The Hall–Kier alpha value is -0.0300. The van der Waals surface area contributed by atoms with Gasteiger partial charge < -0.3 is 11.1 Å². The molecule has 6 heteroatoms. The van der Waals surface area contributed by atoms with E-state index in [2.05, 4.69) is 17.1 Å². The number of carbonyl (C=O) groups excluding carboxylic acids is 1. The summed E-state index contributed by atoms with van der Waals surface area (Å²) >= 11 is 0. The molecule has 2 aliphatic carbocycles. The summed E-state index contributed by atoms with van der Waals surface area (Å²) in [5.74, 6) is 0.200. The van der Waals surface area contributed by atoms with Crippen LogP contribution in [-0.4, -0.2) is 41.0 Å². The van der Waals surface area contributed by atoms with Gasteiger partial charge in [0.2, 0.25) is 5.91 Å². The van der Waals surface area contributed by atoms with Crippen molar-refractivity contribution in [3.63, 3.8) is 0 Å². The number of nitrogens with one attached hydrogen (secondary N) is 1. The summed E-state index contributed by atoms with van der Waals surface area (Å²) in [6, 6.07) is 1.74. The number of rotatable bonds is 3. The van der Waals surface area contributed by atoms with Crippen LogP contribution in [0.4, 0.5) is 0 Å². The van der Waals surface area contributed by atoms with Crippen LogP contribution in [0.25, 0.3) is 0 Å². The van der Waals surface area contributed by atoms with E-state index in [1.807, 2.05) is 6.92 Å². The van der Waals surface area contributed by atoms with Gasteiger partial charge in [-0.15, -0.1) is 24.8 Å². The van der Waals surface area contributed by atoms with Crippen molar-refractivity contribution in [2.75, 3.05) is 6.54 Å². The van der Waals surface area contributed by atoms with E-state index in [1.54, 1.807) is 0 Å². The monoisotopic (exact) mass is 351 g/mol. The second kappa shape index (κ2) is 7.69. The van der Waals surface area contributed by atoms with Crippen LogP contribution in [0.15, 0.2) is 0 Å². The molecular weight excluding hydrogens is 321 g/mol. The molecule has 22 heavy (non-hydrogen) atoms. The van der Waals surface area contributed by atoms with E-state index in [-0.39, 0.29) is 42.2 Å². The average Bonchev–Trinajstić information content (AvgIpc) is 3.13. The molecule has 3 aliphatic rings. The smallest absolute Gasteiger partial charge is 0.225 e. The van der Waals surface area contributed by atoms with E-state index in [0.717, 1.165) is 44.7 Å². The summed E-state index contributed by atoms with van der Waals surface area (Å²) in [5.41, 5.74) is 6.02. The predicted octanol–water partition coefficient (Wildman–Crippen LogP) is 2.48. The van der Waals surface area contributed by atoms with Crippen molar-refractivity contribution in [1.82, 2.24) is 10.2 Å². The van der Waals surface area contributed by atoms with Crippen LogP contribution in [0.1, 0.15) is 58.8 Å². The van der Waals surface area contributed by atoms with Crippen molar-refractivity contribution in [1.29, 1.82) is 0 Å². The molecule has 1 aliphatic heterocycles. The van der Waals surface area contributed by atoms with Gasteiger partial charge in [-0.3, -0.25) is 9.69 Å². The lowest BCUT2D eigenvalue weighted by atomic mass is 9.74. The first-order valence-electron chi connectivity index (χ1n) is 8.32. The van der Waals surface area contributed by atoms with Crippen molar-refractivity contribution in [3.05, 3.63) is 0 Å². The molecule has 0 aromatic carbocycles. The van der Waals surface area contributed by atoms with Crippen LogP contribution in [0.2, 0.25) is 0 Å². The van der Waals surface area contributed by atoms with E-state index in [1.165, 1.54) is 12.8 Å². The Balaban J connectivity index is 0.00000121. The molecule has 2 saturated carbocycles. The molecule has 3 fully saturated rings. The Morgan fingerprint density at radius 2 is 1.91 bits per heavy atom. The number of amides is 1. The van der Waals surface area contributed by atoms with Gasteiger partial charge in [0.1, 0.15) is 0 Å². The van der Waals surface area contributed by atoms with Crippen LogP contribution in [0, 0.1) is 5.92 Å². The maximum atomic E-state index is 12.6. The second-order valence-corrected chi connectivity index (χ2v) is 7.52. The van der Waals surface area contributed by atoms with Gasteiger partial charge in [-0.25, -0.2) is 0 Å². The first-order valence-corrected chi connectivity index (χ1v) is 8.32. The predicted molar refractivity (Wildman–Crippen MR) is 94.8 cm³/mol. The Labute approximate surface area is 146 Å². The van der Waals surface area contributed by atoms with Gasteiger partial charge in [0.25, 0.3) is 0 Å². The highest BCUT2D eigenvalue weighted by Gasteiger charge is 2.42. The highest BCUT2D eigenvalue weighted by Crippen LogP contribution is 2.34. The van der Waals surface area contributed by atoms with E-state index in [0.29, 0.717) is 12.1 Å². The minimum absolute atomic E-state index is 0. The van der Waals surface area contributed by atoms with Crippen LogP contribution in [0.3, 0.4) is 0 Å². The Morgan fingerprint density at radius 3 is 2.50 bits per heavy atom. The first kappa shape index (κ1) is 20.0. The minimum atomic E-state index is -0.317. The van der Waals surface area contributed by atoms with Crippen molar-refractivity contribution in [2.45, 2.75) is 82.5 Å². The third-order valence-corrected chi connectivity index (χ3v) is 5.56. The maximum absolute atomic E-state index is 12.6. The van der Waals surface area contributed by atoms with E-state index in [9.17, 15) is 4.79 Å². The van der Waals surface area contributed by atoms with Crippen LogP contribution in [0.5, 0.6) is 0 Å². The lowest BCUT2D eigenvalue weighted by Gasteiger charge is -2.37. The standard InChI is InChI=1S/C16H29N3O.2ClH/c1-11-9-12(10-19(11)13-6-7-13)18-15(20)14-5-3-4-8-16(14,2)17;;/h11-14H,3-10,17H2,1-2H3,(H,18,20);2*1H. The van der Waals surface area contributed by atoms with Crippen LogP contribution in [-0.2, 0) is 4.79 Å². The summed E-state index contributed by atoms with van der Waals surface area (Å²) in [4.78, 5) is 15.1. The lowest BCUT2D eigenvalue weighted by molar-refractivity contribution is -0.128. The summed E-state index contributed by atoms with van der Waals surface area (Å²) in [6.07, 6.45) is 8.00. The molecule has 4 atom stereocenters. The number of likely N-dealkylation sites (tertiary alicyclic amines) is 1. The third-order valence-electron chi connectivity index (χ3n) is 5.56. The van der Waals surface area contributed by atoms with Gasteiger partial charge in [-0.05, 0) is 46.0 Å². The van der Waals surface area contributed by atoms with Gasteiger partial charge in [0.05, 0.1) is 5.92 Å². The topological polar surface area (TPSA) is 58.4 Å². The molecule has 4 nitrogen and oxygen atoms in total. The fraction of sp³-hybridized carbons (Fsp3) is 0.938. The fourth-order valence-corrected chi connectivity index (χ4v) is 4.17. The van der Waals surface area contributed by atoms with Gasteiger partial charge in [-0.2, -0.15) is 0 Å². The minimum Gasteiger partial charge on any atom is -0.352 e. The van der Waals surface area contributed by atoms with Crippen molar-refractivity contribution < 1.29 is 4.79 Å². The number of nitrogens with zero attached hydrogens (tertiary/aromatic N) is 1. The van der Waals surface area contributed by atoms with Crippen LogP contribution >= 0.6 is 24.8 Å². The molecule has 3 N–H and O–H groups in total. The van der Waals surface area contributed by atoms with Gasteiger partial charge >= 0.3 is 0 Å². The maximum Gasteiger partial charge on any atom is 0.225 e. The molecule has 0 bridgehead atoms. The Morgan fingerprint density at radius 1 is 1.23 bits per heavy atom. The molecule has 1 heterocycles. The molecule has 1 amide bonds. The molecule has 4 unspecified atom stereocenters. The number of halogens is 2. The molecule has 0 aromatic rings. The van der Waals surface area contributed by atoms with E-state index in [4.69, 9.17) is 5.73 Å². The molecular formula is C16H31Cl2N3O. The Kier molecular flexibility index (Phi) is 7.00. The van der Waals surface area contributed by atoms with Crippen LogP contribution < -0.4 is 11.1 Å². The highest BCUT2D eigenvalue weighted by molar-refractivity contribution is 5.85.